The number of aryl methyl sites for hydroxylation is 1. The number of anilines is 5. The van der Waals surface area contributed by atoms with Gasteiger partial charge in [-0.2, -0.15) is 0 Å². The van der Waals surface area contributed by atoms with E-state index in [4.69, 9.17) is 17.2 Å². The summed E-state index contributed by atoms with van der Waals surface area (Å²) in [5, 5.41) is 6.28. The van der Waals surface area contributed by atoms with Crippen molar-refractivity contribution in [3.63, 3.8) is 0 Å². The van der Waals surface area contributed by atoms with Crippen LogP contribution in [0.5, 0.6) is 0 Å². The van der Waals surface area contributed by atoms with E-state index in [0.717, 1.165) is 5.69 Å². The molecular formula is C25H38N7O2+. The summed E-state index contributed by atoms with van der Waals surface area (Å²) in [6.07, 6.45) is 0. The minimum atomic E-state index is -0.497. The van der Waals surface area contributed by atoms with Crippen LogP contribution >= 0.6 is 0 Å². The van der Waals surface area contributed by atoms with Crippen molar-refractivity contribution in [2.24, 2.45) is 11.5 Å². The predicted octanol–water partition coefficient (Wildman–Crippen LogP) is 4.55. The predicted molar refractivity (Wildman–Crippen MR) is 140 cm³/mol. The molecule has 0 spiro atoms. The molecule has 0 aliphatic heterocycles. The number of nitrogen functional groups attached to an aromatic ring is 1. The minimum Gasteiger partial charge on any atom is -0.389 e. The van der Waals surface area contributed by atoms with Crippen molar-refractivity contribution < 1.29 is 14.6 Å². The molecule has 184 valence electrons. The summed E-state index contributed by atoms with van der Waals surface area (Å²) in [4.78, 5) is 29.8. The van der Waals surface area contributed by atoms with Gasteiger partial charge in [-0.25, -0.2) is 4.98 Å². The number of carbonyl (C=O) groups is 2. The van der Waals surface area contributed by atoms with Crippen LogP contribution < -0.4 is 32.8 Å². The lowest BCUT2D eigenvalue weighted by Crippen LogP contribution is -2.20. The van der Waals surface area contributed by atoms with Crippen LogP contribution in [0.2, 0.25) is 0 Å². The molecule has 0 bridgehead atoms. The van der Waals surface area contributed by atoms with Crippen LogP contribution in [0.1, 0.15) is 68.1 Å². The summed E-state index contributed by atoms with van der Waals surface area (Å²) in [7, 11) is 0. The van der Waals surface area contributed by atoms with Crippen LogP contribution in [-0.2, 0) is 0 Å². The number of nitrogens with one attached hydrogen (secondary N) is 3. The first-order valence-electron chi connectivity index (χ1n) is 11.4. The third-order valence-corrected chi connectivity index (χ3v) is 3.98. The molecule has 2 amide bonds. The van der Waals surface area contributed by atoms with Crippen LogP contribution in [0.3, 0.4) is 0 Å². The first-order valence-corrected chi connectivity index (χ1v) is 11.4. The van der Waals surface area contributed by atoms with E-state index < -0.39 is 11.8 Å². The Bertz CT molecular complexity index is 954. The number of hydrogen-bond acceptors (Lipinski definition) is 6. The first-order chi connectivity index (χ1) is 16.3. The maximum Gasteiger partial charge on any atom is 0.252 e. The van der Waals surface area contributed by atoms with Gasteiger partial charge in [0.25, 0.3) is 5.82 Å². The van der Waals surface area contributed by atoms with Gasteiger partial charge in [-0.05, 0) is 48.5 Å². The molecule has 0 saturated carbocycles. The zero-order valence-corrected chi connectivity index (χ0v) is 21.1. The molecule has 0 atom stereocenters. The van der Waals surface area contributed by atoms with Crippen molar-refractivity contribution in [3.05, 3.63) is 65.5 Å². The Hall–Kier alpha value is -4.14. The smallest absolute Gasteiger partial charge is 0.252 e. The topological polar surface area (TPSA) is 163 Å². The van der Waals surface area contributed by atoms with Crippen LogP contribution in [0.15, 0.2) is 48.5 Å². The van der Waals surface area contributed by atoms with E-state index in [1.54, 1.807) is 55.5 Å². The fourth-order valence-corrected chi connectivity index (χ4v) is 2.53. The summed E-state index contributed by atoms with van der Waals surface area (Å²) in [5.74, 6) is 0.617. The molecule has 0 saturated heterocycles. The van der Waals surface area contributed by atoms with Crippen LogP contribution in [0.4, 0.5) is 28.7 Å². The highest BCUT2D eigenvalue weighted by Crippen LogP contribution is 2.27. The van der Waals surface area contributed by atoms with Gasteiger partial charge in [-0.3, -0.25) is 14.9 Å². The van der Waals surface area contributed by atoms with E-state index in [1.807, 2.05) is 41.5 Å². The lowest BCUT2D eigenvalue weighted by Gasteiger charge is -2.10. The van der Waals surface area contributed by atoms with Gasteiger partial charge in [0.2, 0.25) is 23.5 Å². The van der Waals surface area contributed by atoms with Crippen molar-refractivity contribution in [1.29, 1.82) is 0 Å². The average Bonchev–Trinajstić information content (AvgIpc) is 2.86. The van der Waals surface area contributed by atoms with Crippen molar-refractivity contribution in [3.8, 4) is 0 Å². The van der Waals surface area contributed by atoms with Gasteiger partial charge < -0.3 is 22.5 Å². The Labute approximate surface area is 202 Å². The van der Waals surface area contributed by atoms with Gasteiger partial charge in [0.15, 0.2) is 5.69 Å². The Morgan fingerprint density at radius 1 is 0.735 bits per heavy atom. The molecule has 9 N–H and O–H groups in total. The molecule has 0 fully saturated rings. The third-order valence-electron chi connectivity index (χ3n) is 3.98. The van der Waals surface area contributed by atoms with Crippen molar-refractivity contribution in [1.82, 2.24) is 4.98 Å². The van der Waals surface area contributed by atoms with Gasteiger partial charge in [-0.1, -0.05) is 46.5 Å². The number of primary amides is 2. The maximum absolute atomic E-state index is 11.2. The Balaban J connectivity index is 0.00000168. The molecule has 9 heteroatoms. The Kier molecular flexibility index (Phi) is 13.7. The van der Waals surface area contributed by atoms with Gasteiger partial charge in [0.1, 0.15) is 0 Å². The largest absolute Gasteiger partial charge is 0.389 e. The molecule has 3 aromatic rings. The second-order valence-electron chi connectivity index (χ2n) is 6.09. The first kappa shape index (κ1) is 29.9. The van der Waals surface area contributed by atoms with Crippen molar-refractivity contribution in [2.45, 2.75) is 48.5 Å². The monoisotopic (exact) mass is 468 g/mol. The summed E-state index contributed by atoms with van der Waals surface area (Å²) in [6.45, 7) is 13.8. The van der Waals surface area contributed by atoms with Gasteiger partial charge in [0, 0.05) is 23.7 Å². The molecule has 1 heterocycles. The summed E-state index contributed by atoms with van der Waals surface area (Å²) < 4.78 is 0. The second-order valence-corrected chi connectivity index (χ2v) is 6.09. The third kappa shape index (κ3) is 8.78. The molecule has 0 unspecified atom stereocenters. The van der Waals surface area contributed by atoms with Gasteiger partial charge in [0.05, 0.1) is 5.69 Å². The van der Waals surface area contributed by atoms with Gasteiger partial charge >= 0.3 is 0 Å². The number of aromatic amines is 1. The Morgan fingerprint density at radius 3 is 1.50 bits per heavy atom. The fraction of sp³-hybridized carbons (Fsp3) is 0.280. The van der Waals surface area contributed by atoms with E-state index in [1.165, 1.54) is 0 Å². The van der Waals surface area contributed by atoms with Gasteiger partial charge in [-0.15, -0.1) is 0 Å². The number of nitrogens with two attached hydrogens (primary N) is 3. The lowest BCUT2D eigenvalue weighted by molar-refractivity contribution is -0.374. The molecule has 1 aromatic heterocycles. The highest BCUT2D eigenvalue weighted by atomic mass is 16.1. The van der Waals surface area contributed by atoms with Crippen LogP contribution in [0, 0.1) is 6.92 Å². The van der Waals surface area contributed by atoms with E-state index in [-0.39, 0.29) is 0 Å². The number of aromatic nitrogens is 2. The number of rotatable bonds is 6. The van der Waals surface area contributed by atoms with Crippen molar-refractivity contribution >= 4 is 40.5 Å². The van der Waals surface area contributed by atoms with E-state index >= 15 is 0 Å². The minimum absolute atomic E-state index is 0.364. The molecule has 0 aliphatic carbocycles. The highest BCUT2D eigenvalue weighted by Gasteiger charge is 2.17. The molecule has 2 aromatic carbocycles. The molecule has 34 heavy (non-hydrogen) atoms. The van der Waals surface area contributed by atoms with Crippen LogP contribution in [0.25, 0.3) is 0 Å². The van der Waals surface area contributed by atoms with E-state index in [0.29, 0.717) is 40.0 Å². The maximum atomic E-state index is 11.2. The van der Waals surface area contributed by atoms with Crippen molar-refractivity contribution in [2.75, 3.05) is 16.4 Å². The normalized spacial score (nSPS) is 9.03. The fourth-order valence-electron chi connectivity index (χ4n) is 2.53. The molecule has 3 rings (SSSR count). The SMILES string of the molecule is CC.CC.CC.Cc1nc(Nc2ccc(C(N)=O)cc2)c(N)c(Nc2ccc(C(N)=O)cc2)[nH+]1. The molecular weight excluding hydrogens is 430 g/mol. The summed E-state index contributed by atoms with van der Waals surface area (Å²) >= 11 is 0. The zero-order valence-electron chi connectivity index (χ0n) is 21.1. The van der Waals surface area contributed by atoms with E-state index in [2.05, 4.69) is 20.6 Å². The standard InChI is InChI=1S/C19H19N7O2.3C2H6/c1-10-23-18(25-13-6-2-11(3-7-13)16(21)27)15(20)19(24-10)26-14-8-4-12(5-9-14)17(22)28;3*1-2/h2-9H,20H2,1H3,(H2,21,27)(H2,22,28)(H2,23,24,25,26);3*1-2H3/p+1. The zero-order chi connectivity index (χ0) is 26.3. The lowest BCUT2D eigenvalue weighted by atomic mass is 10.2. The van der Waals surface area contributed by atoms with E-state index in [9.17, 15) is 9.59 Å². The number of H-pyrrole nitrogens is 1. The molecule has 0 aliphatic rings. The molecule has 9 nitrogen and oxygen atoms in total. The number of benzene rings is 2. The van der Waals surface area contributed by atoms with Crippen LogP contribution in [-0.4, -0.2) is 16.8 Å². The number of amides is 2. The Morgan fingerprint density at radius 2 is 1.12 bits per heavy atom. The molecule has 0 radical (unpaired) electrons. The second kappa shape index (κ2) is 15.6. The average molecular weight is 469 g/mol. The quantitative estimate of drug-likeness (QED) is 0.356. The summed E-state index contributed by atoms with van der Waals surface area (Å²) in [5.41, 5.74) is 19.3. The number of carbonyl (C=O) groups excluding carboxylic acids is 2. The number of nitrogens with zero attached hydrogens (tertiary/aromatic N) is 1. The highest BCUT2D eigenvalue weighted by molar-refractivity contribution is 5.94. The summed E-state index contributed by atoms with van der Waals surface area (Å²) in [6, 6.07) is 13.3. The number of hydrogen-bond donors (Lipinski definition) is 5.